The molecule has 0 amide bonds. The van der Waals surface area contributed by atoms with E-state index in [0.717, 1.165) is 12.1 Å². The molecule has 3 heteroatoms. The minimum atomic E-state index is -0.202. The molecular formula is C15H25FN2. The highest BCUT2D eigenvalue weighted by molar-refractivity contribution is 5.20. The minimum Gasteiger partial charge on any atom is -0.329 e. The van der Waals surface area contributed by atoms with E-state index in [9.17, 15) is 4.39 Å². The third-order valence-electron chi connectivity index (χ3n) is 3.53. The summed E-state index contributed by atoms with van der Waals surface area (Å²) in [5.74, 6) is 0.427. The largest absolute Gasteiger partial charge is 0.329 e. The van der Waals surface area contributed by atoms with Gasteiger partial charge in [0, 0.05) is 18.6 Å². The zero-order valence-corrected chi connectivity index (χ0v) is 11.9. The van der Waals surface area contributed by atoms with Gasteiger partial charge >= 0.3 is 0 Å². The summed E-state index contributed by atoms with van der Waals surface area (Å²) >= 11 is 0. The Hall–Kier alpha value is -0.930. The van der Waals surface area contributed by atoms with Gasteiger partial charge in [0.25, 0.3) is 0 Å². The fourth-order valence-corrected chi connectivity index (χ4v) is 2.18. The summed E-state index contributed by atoms with van der Waals surface area (Å²) < 4.78 is 13.7. The molecule has 0 fully saturated rings. The third kappa shape index (κ3) is 3.79. The highest BCUT2D eigenvalue weighted by atomic mass is 19.1. The standard InChI is InChI=1S/C15H25FN2/c1-12(2)10-18(4)15(3,11-17)9-13-7-5-6-8-14(13)16/h5-8,12H,9-11,17H2,1-4H3. The first-order chi connectivity index (χ1) is 8.39. The van der Waals surface area contributed by atoms with E-state index in [4.69, 9.17) is 5.73 Å². The number of hydrogen-bond donors (Lipinski definition) is 1. The maximum Gasteiger partial charge on any atom is 0.126 e. The topological polar surface area (TPSA) is 29.3 Å². The van der Waals surface area contributed by atoms with Crippen molar-refractivity contribution in [2.75, 3.05) is 20.1 Å². The Morgan fingerprint density at radius 2 is 1.94 bits per heavy atom. The van der Waals surface area contributed by atoms with E-state index in [1.807, 2.05) is 12.1 Å². The number of nitrogens with zero attached hydrogens (tertiary/aromatic N) is 1. The highest BCUT2D eigenvalue weighted by Crippen LogP contribution is 2.21. The van der Waals surface area contributed by atoms with E-state index in [1.54, 1.807) is 6.07 Å². The Balaban J connectivity index is 2.85. The van der Waals surface area contributed by atoms with E-state index < -0.39 is 0 Å². The Morgan fingerprint density at radius 3 is 2.44 bits per heavy atom. The van der Waals surface area contributed by atoms with Crippen LogP contribution in [0.3, 0.4) is 0 Å². The Labute approximate surface area is 110 Å². The summed E-state index contributed by atoms with van der Waals surface area (Å²) in [6.45, 7) is 7.93. The van der Waals surface area contributed by atoms with Gasteiger partial charge < -0.3 is 5.73 Å². The lowest BCUT2D eigenvalue weighted by Gasteiger charge is -2.39. The van der Waals surface area contributed by atoms with Gasteiger partial charge in [0.1, 0.15) is 5.82 Å². The van der Waals surface area contributed by atoms with Gasteiger partial charge in [-0.25, -0.2) is 4.39 Å². The molecule has 1 atom stereocenters. The van der Waals surface area contributed by atoms with E-state index in [1.165, 1.54) is 6.07 Å². The van der Waals surface area contributed by atoms with Crippen LogP contribution in [-0.4, -0.2) is 30.6 Å². The van der Waals surface area contributed by atoms with Crippen molar-refractivity contribution in [1.82, 2.24) is 4.90 Å². The SMILES string of the molecule is CC(C)CN(C)C(C)(CN)Cc1ccccc1F. The van der Waals surface area contributed by atoms with Crippen LogP contribution in [-0.2, 0) is 6.42 Å². The molecule has 1 aromatic carbocycles. The van der Waals surface area contributed by atoms with Crippen LogP contribution in [0.5, 0.6) is 0 Å². The molecule has 0 heterocycles. The van der Waals surface area contributed by atoms with E-state index >= 15 is 0 Å². The third-order valence-corrected chi connectivity index (χ3v) is 3.53. The van der Waals surface area contributed by atoms with Crippen LogP contribution in [0, 0.1) is 11.7 Å². The first kappa shape index (κ1) is 15.1. The number of nitrogens with two attached hydrogens (primary N) is 1. The molecule has 102 valence electrons. The van der Waals surface area contributed by atoms with Crippen molar-refractivity contribution < 1.29 is 4.39 Å². The smallest absolute Gasteiger partial charge is 0.126 e. The summed E-state index contributed by atoms with van der Waals surface area (Å²) in [6.07, 6.45) is 0.638. The molecule has 2 nitrogen and oxygen atoms in total. The molecule has 0 bridgehead atoms. The number of hydrogen-bond acceptors (Lipinski definition) is 2. The summed E-state index contributed by atoms with van der Waals surface area (Å²) in [7, 11) is 2.06. The van der Waals surface area contributed by atoms with Crippen molar-refractivity contribution in [2.45, 2.75) is 32.7 Å². The lowest BCUT2D eigenvalue weighted by atomic mass is 9.90. The zero-order chi connectivity index (χ0) is 13.8. The molecule has 1 rings (SSSR count). The second kappa shape index (κ2) is 6.30. The van der Waals surface area contributed by atoms with Crippen molar-refractivity contribution in [1.29, 1.82) is 0 Å². The molecule has 18 heavy (non-hydrogen) atoms. The second-order valence-electron chi connectivity index (χ2n) is 5.74. The average molecular weight is 252 g/mol. The second-order valence-corrected chi connectivity index (χ2v) is 5.74. The predicted molar refractivity (Wildman–Crippen MR) is 75.0 cm³/mol. The Morgan fingerprint density at radius 1 is 1.33 bits per heavy atom. The fraction of sp³-hybridized carbons (Fsp3) is 0.600. The monoisotopic (exact) mass is 252 g/mol. The Bertz CT molecular complexity index is 379. The molecule has 0 radical (unpaired) electrons. The van der Waals surface area contributed by atoms with Crippen LogP contribution in [0.4, 0.5) is 4.39 Å². The molecule has 0 saturated heterocycles. The molecule has 0 aliphatic carbocycles. The fourth-order valence-electron chi connectivity index (χ4n) is 2.18. The van der Waals surface area contributed by atoms with Gasteiger partial charge in [-0.2, -0.15) is 0 Å². The normalized spacial score (nSPS) is 15.1. The molecule has 0 aliphatic heterocycles. The summed E-state index contributed by atoms with van der Waals surface area (Å²) in [6, 6.07) is 6.94. The lowest BCUT2D eigenvalue weighted by Crippen LogP contribution is -2.52. The van der Waals surface area contributed by atoms with Crippen molar-refractivity contribution >= 4 is 0 Å². The molecule has 1 unspecified atom stereocenters. The number of halogens is 1. The van der Waals surface area contributed by atoms with Crippen molar-refractivity contribution in [3.63, 3.8) is 0 Å². The maximum atomic E-state index is 13.7. The first-order valence-corrected chi connectivity index (χ1v) is 6.54. The van der Waals surface area contributed by atoms with Crippen molar-refractivity contribution in [3.05, 3.63) is 35.6 Å². The lowest BCUT2D eigenvalue weighted by molar-refractivity contribution is 0.127. The average Bonchev–Trinajstić information content (AvgIpc) is 2.31. The quantitative estimate of drug-likeness (QED) is 0.843. The van der Waals surface area contributed by atoms with Crippen LogP contribution >= 0.6 is 0 Å². The van der Waals surface area contributed by atoms with Gasteiger partial charge in [-0.1, -0.05) is 32.0 Å². The predicted octanol–water partition coefficient (Wildman–Crippen LogP) is 2.67. The molecular weight excluding hydrogens is 227 g/mol. The highest BCUT2D eigenvalue weighted by Gasteiger charge is 2.29. The van der Waals surface area contributed by atoms with Gasteiger partial charge in [0.15, 0.2) is 0 Å². The molecule has 0 saturated carbocycles. The van der Waals surface area contributed by atoms with Gasteiger partial charge in [0.05, 0.1) is 0 Å². The molecule has 0 aromatic heterocycles. The number of likely N-dealkylation sites (N-methyl/N-ethyl adjacent to an activating group) is 1. The van der Waals surface area contributed by atoms with Gasteiger partial charge in [-0.05, 0) is 37.9 Å². The first-order valence-electron chi connectivity index (χ1n) is 6.54. The van der Waals surface area contributed by atoms with E-state index in [2.05, 4.69) is 32.7 Å². The molecule has 2 N–H and O–H groups in total. The number of rotatable bonds is 6. The van der Waals surface area contributed by atoms with Crippen LogP contribution in [0.2, 0.25) is 0 Å². The van der Waals surface area contributed by atoms with Crippen LogP contribution in [0.1, 0.15) is 26.3 Å². The Kier molecular flexibility index (Phi) is 5.29. The molecule has 0 aliphatic rings. The van der Waals surface area contributed by atoms with Gasteiger partial charge in [0.2, 0.25) is 0 Å². The zero-order valence-electron chi connectivity index (χ0n) is 11.9. The van der Waals surface area contributed by atoms with Crippen LogP contribution in [0.25, 0.3) is 0 Å². The molecule has 0 spiro atoms. The minimum absolute atomic E-state index is 0.143. The summed E-state index contributed by atoms with van der Waals surface area (Å²) in [5, 5.41) is 0. The van der Waals surface area contributed by atoms with Crippen LogP contribution in [0.15, 0.2) is 24.3 Å². The van der Waals surface area contributed by atoms with Crippen molar-refractivity contribution in [3.8, 4) is 0 Å². The van der Waals surface area contributed by atoms with Crippen LogP contribution < -0.4 is 5.73 Å². The maximum absolute atomic E-state index is 13.7. The summed E-state index contributed by atoms with van der Waals surface area (Å²) in [5.41, 5.74) is 6.45. The van der Waals surface area contributed by atoms with Crippen molar-refractivity contribution in [2.24, 2.45) is 11.7 Å². The van der Waals surface area contributed by atoms with E-state index in [0.29, 0.717) is 18.9 Å². The summed E-state index contributed by atoms with van der Waals surface area (Å²) in [4.78, 5) is 2.24. The van der Waals surface area contributed by atoms with Gasteiger partial charge in [-0.15, -0.1) is 0 Å². The number of benzene rings is 1. The van der Waals surface area contributed by atoms with Gasteiger partial charge in [-0.3, -0.25) is 4.90 Å². The molecule has 1 aromatic rings. The van der Waals surface area contributed by atoms with E-state index in [-0.39, 0.29) is 11.4 Å².